The molecule has 5 rings (SSSR count). The summed E-state index contributed by atoms with van der Waals surface area (Å²) in [5, 5.41) is 8.51. The van der Waals surface area contributed by atoms with E-state index in [0.29, 0.717) is 30.4 Å². The number of anilines is 1. The van der Waals surface area contributed by atoms with Gasteiger partial charge in [-0.05, 0) is 38.3 Å². The van der Waals surface area contributed by atoms with Crippen LogP contribution in [0.2, 0.25) is 0 Å². The number of imidazole rings is 1. The molecule has 2 aromatic heterocycles. The summed E-state index contributed by atoms with van der Waals surface area (Å²) in [5.41, 5.74) is 2.41. The van der Waals surface area contributed by atoms with Crippen LogP contribution in [0.3, 0.4) is 0 Å². The fourth-order valence-electron chi connectivity index (χ4n) is 3.99. The highest BCUT2D eigenvalue weighted by Gasteiger charge is 2.38. The molecule has 0 radical (unpaired) electrons. The molecule has 168 valence electrons. The van der Waals surface area contributed by atoms with Gasteiger partial charge in [-0.15, -0.1) is 11.3 Å². The van der Waals surface area contributed by atoms with E-state index in [2.05, 4.69) is 24.5 Å². The lowest BCUT2D eigenvalue weighted by atomic mass is 10.0. The first-order valence-electron chi connectivity index (χ1n) is 10.6. The van der Waals surface area contributed by atoms with Crippen molar-refractivity contribution in [3.63, 3.8) is 0 Å². The van der Waals surface area contributed by atoms with Crippen LogP contribution in [0.1, 0.15) is 37.0 Å². The Morgan fingerprint density at radius 1 is 1.34 bits per heavy atom. The normalized spacial score (nSPS) is 15.9. The van der Waals surface area contributed by atoms with E-state index in [1.807, 2.05) is 41.1 Å². The van der Waals surface area contributed by atoms with E-state index in [1.165, 1.54) is 0 Å². The van der Waals surface area contributed by atoms with Crippen molar-refractivity contribution in [2.45, 2.75) is 39.0 Å². The summed E-state index contributed by atoms with van der Waals surface area (Å²) < 4.78 is 19.0. The topological polar surface area (TPSA) is 86.6 Å². The van der Waals surface area contributed by atoms with Gasteiger partial charge in [0.25, 0.3) is 5.91 Å². The van der Waals surface area contributed by atoms with Crippen molar-refractivity contribution in [1.82, 2.24) is 14.9 Å². The zero-order chi connectivity index (χ0) is 22.5. The standard InChI is InChI=1S/C23H26N4O4S/c1-13(2)24-14-8-15-18(9-17(14)29-4)31-10-16-20(22(28)26-23(3)11-30-12-23)25-21(27(15)16)19-6-5-7-32-19/h5-9,13,24H,10-12H2,1-4H3,(H,26,28). The van der Waals surface area contributed by atoms with Gasteiger partial charge in [0.1, 0.15) is 18.1 Å². The molecule has 4 heterocycles. The molecule has 3 aromatic rings. The Bertz CT molecular complexity index is 1170. The van der Waals surface area contributed by atoms with Crippen LogP contribution in [0.15, 0.2) is 29.6 Å². The molecule has 0 spiro atoms. The predicted molar refractivity (Wildman–Crippen MR) is 123 cm³/mol. The SMILES string of the molecule is COc1cc2c(cc1NC(C)C)-n1c(-c3cccs3)nc(C(=O)NC3(C)COC3)c1CO2. The summed E-state index contributed by atoms with van der Waals surface area (Å²) >= 11 is 1.58. The molecule has 2 aliphatic rings. The van der Waals surface area contributed by atoms with Crippen LogP contribution in [0, 0.1) is 0 Å². The molecule has 32 heavy (non-hydrogen) atoms. The van der Waals surface area contributed by atoms with Crippen molar-refractivity contribution in [3.8, 4) is 27.9 Å². The van der Waals surface area contributed by atoms with E-state index in [0.717, 1.165) is 27.8 Å². The molecule has 1 aromatic carbocycles. The molecule has 1 saturated heterocycles. The van der Waals surface area contributed by atoms with Crippen LogP contribution in [-0.2, 0) is 11.3 Å². The lowest BCUT2D eigenvalue weighted by Gasteiger charge is -2.38. The molecule has 9 heteroatoms. The second-order valence-electron chi connectivity index (χ2n) is 8.66. The van der Waals surface area contributed by atoms with E-state index in [1.54, 1.807) is 18.4 Å². The van der Waals surface area contributed by atoms with Crippen molar-refractivity contribution in [2.24, 2.45) is 0 Å². The molecule has 2 N–H and O–H groups in total. The number of benzene rings is 1. The van der Waals surface area contributed by atoms with Crippen molar-refractivity contribution < 1.29 is 19.0 Å². The van der Waals surface area contributed by atoms with Gasteiger partial charge in [-0.25, -0.2) is 4.98 Å². The minimum Gasteiger partial charge on any atom is -0.494 e. The summed E-state index contributed by atoms with van der Waals surface area (Å²) in [6.45, 7) is 7.34. The average Bonchev–Trinajstić information content (AvgIpc) is 3.39. The molecule has 0 bridgehead atoms. The molecule has 2 aliphatic heterocycles. The third-order valence-electron chi connectivity index (χ3n) is 5.52. The Morgan fingerprint density at radius 3 is 2.78 bits per heavy atom. The maximum absolute atomic E-state index is 13.2. The fraction of sp³-hybridized carbons (Fsp3) is 0.391. The van der Waals surface area contributed by atoms with Gasteiger partial charge in [0.2, 0.25) is 0 Å². The Labute approximate surface area is 190 Å². The number of fused-ring (bicyclic) bond motifs is 3. The van der Waals surface area contributed by atoms with Crippen LogP contribution in [0.25, 0.3) is 16.4 Å². The minimum absolute atomic E-state index is 0.219. The summed E-state index contributed by atoms with van der Waals surface area (Å²) in [6.07, 6.45) is 0. The predicted octanol–water partition coefficient (Wildman–Crippen LogP) is 3.84. The third kappa shape index (κ3) is 3.51. The van der Waals surface area contributed by atoms with Crippen molar-refractivity contribution in [3.05, 3.63) is 41.0 Å². The number of thiophene rings is 1. The van der Waals surface area contributed by atoms with Crippen LogP contribution in [-0.4, -0.2) is 47.4 Å². The highest BCUT2D eigenvalue weighted by Crippen LogP contribution is 2.42. The summed E-state index contributed by atoms with van der Waals surface area (Å²) in [6, 6.07) is 8.09. The maximum Gasteiger partial charge on any atom is 0.272 e. The highest BCUT2D eigenvalue weighted by molar-refractivity contribution is 7.13. The van der Waals surface area contributed by atoms with E-state index >= 15 is 0 Å². The van der Waals surface area contributed by atoms with Gasteiger partial charge >= 0.3 is 0 Å². The molecular weight excluding hydrogens is 428 g/mol. The zero-order valence-corrected chi connectivity index (χ0v) is 19.3. The van der Waals surface area contributed by atoms with E-state index in [9.17, 15) is 4.79 Å². The first-order chi connectivity index (χ1) is 15.4. The number of carbonyl (C=O) groups is 1. The zero-order valence-electron chi connectivity index (χ0n) is 18.5. The Hall–Kier alpha value is -3.04. The number of rotatable bonds is 6. The van der Waals surface area contributed by atoms with E-state index in [4.69, 9.17) is 19.2 Å². The number of aromatic nitrogens is 2. The average molecular weight is 455 g/mol. The molecular formula is C23H26N4O4S. The molecule has 1 amide bonds. The van der Waals surface area contributed by atoms with Gasteiger partial charge in [0.05, 0.1) is 47.8 Å². The van der Waals surface area contributed by atoms with Crippen LogP contribution < -0.4 is 20.1 Å². The number of nitrogens with zero attached hydrogens (tertiary/aromatic N) is 2. The van der Waals surface area contributed by atoms with Gasteiger partial charge in [-0.3, -0.25) is 9.36 Å². The number of nitrogens with one attached hydrogen (secondary N) is 2. The largest absolute Gasteiger partial charge is 0.494 e. The molecule has 0 unspecified atom stereocenters. The second kappa shape index (κ2) is 7.83. The monoisotopic (exact) mass is 454 g/mol. The first-order valence-corrected chi connectivity index (χ1v) is 11.4. The fourth-order valence-corrected chi connectivity index (χ4v) is 4.70. The summed E-state index contributed by atoms with van der Waals surface area (Å²) in [5.74, 6) is 1.89. The van der Waals surface area contributed by atoms with Crippen LogP contribution in [0.5, 0.6) is 11.5 Å². The van der Waals surface area contributed by atoms with Crippen LogP contribution >= 0.6 is 11.3 Å². The number of carbonyl (C=O) groups excluding carboxylic acids is 1. The summed E-state index contributed by atoms with van der Waals surface area (Å²) in [7, 11) is 1.64. The van der Waals surface area contributed by atoms with Gasteiger partial charge in [-0.2, -0.15) is 0 Å². The molecule has 0 atom stereocenters. The van der Waals surface area contributed by atoms with Gasteiger partial charge in [0, 0.05) is 12.1 Å². The van der Waals surface area contributed by atoms with Crippen molar-refractivity contribution >= 4 is 22.9 Å². The first kappa shape index (κ1) is 20.8. The lowest BCUT2D eigenvalue weighted by Crippen LogP contribution is -2.60. The highest BCUT2D eigenvalue weighted by atomic mass is 32.1. The Balaban J connectivity index is 1.66. The maximum atomic E-state index is 13.2. The number of ether oxygens (including phenoxy) is 3. The smallest absolute Gasteiger partial charge is 0.272 e. The molecule has 8 nitrogen and oxygen atoms in total. The van der Waals surface area contributed by atoms with Crippen molar-refractivity contribution in [1.29, 1.82) is 0 Å². The third-order valence-corrected chi connectivity index (χ3v) is 6.38. The Kier molecular flexibility index (Phi) is 5.10. The molecule has 0 aliphatic carbocycles. The lowest BCUT2D eigenvalue weighted by molar-refractivity contribution is -0.0594. The quantitative estimate of drug-likeness (QED) is 0.589. The number of hydrogen-bond donors (Lipinski definition) is 2. The van der Waals surface area contributed by atoms with Crippen molar-refractivity contribution in [2.75, 3.05) is 25.6 Å². The van der Waals surface area contributed by atoms with Gasteiger partial charge in [-0.1, -0.05) is 6.07 Å². The van der Waals surface area contributed by atoms with E-state index < -0.39 is 0 Å². The van der Waals surface area contributed by atoms with Gasteiger partial charge in [0.15, 0.2) is 11.5 Å². The summed E-state index contributed by atoms with van der Waals surface area (Å²) in [4.78, 5) is 19.0. The Morgan fingerprint density at radius 2 is 2.16 bits per heavy atom. The molecule has 0 saturated carbocycles. The number of amides is 1. The molecule has 1 fully saturated rings. The number of hydrogen-bond acceptors (Lipinski definition) is 7. The van der Waals surface area contributed by atoms with Gasteiger partial charge < -0.3 is 24.8 Å². The van der Waals surface area contributed by atoms with Crippen LogP contribution in [0.4, 0.5) is 5.69 Å². The van der Waals surface area contributed by atoms with E-state index in [-0.39, 0.29) is 24.1 Å². The minimum atomic E-state index is -0.369. The second-order valence-corrected chi connectivity index (χ2v) is 9.61. The number of methoxy groups -OCH3 is 1.